The smallest absolute Gasteiger partial charge is 0.145 e. The fourth-order valence-electron chi connectivity index (χ4n) is 1.76. The molecule has 2 aromatic rings. The second-order valence-corrected chi connectivity index (χ2v) is 4.09. The van der Waals surface area contributed by atoms with Crippen LogP contribution in [0.1, 0.15) is 16.7 Å². The van der Waals surface area contributed by atoms with Crippen molar-refractivity contribution >= 4 is 5.69 Å². The fourth-order valence-corrected chi connectivity index (χ4v) is 1.76. The first kappa shape index (κ1) is 12.0. The van der Waals surface area contributed by atoms with Crippen LogP contribution in [-0.2, 0) is 6.61 Å². The quantitative estimate of drug-likeness (QED) is 0.836. The second-order valence-electron chi connectivity index (χ2n) is 4.09. The summed E-state index contributed by atoms with van der Waals surface area (Å²) in [6, 6.07) is 15.1. The van der Waals surface area contributed by atoms with Crippen molar-refractivity contribution < 1.29 is 4.74 Å². The minimum absolute atomic E-state index is 0.407. The topological polar surface area (TPSA) is 59.0 Å². The van der Waals surface area contributed by atoms with Crippen LogP contribution in [0.2, 0.25) is 0 Å². The van der Waals surface area contributed by atoms with Gasteiger partial charge in [0.1, 0.15) is 12.4 Å². The Morgan fingerprint density at radius 1 is 1.22 bits per heavy atom. The minimum atomic E-state index is 0.407. The molecule has 0 aliphatic rings. The van der Waals surface area contributed by atoms with Gasteiger partial charge in [-0.1, -0.05) is 24.3 Å². The van der Waals surface area contributed by atoms with Gasteiger partial charge in [-0.15, -0.1) is 0 Å². The van der Waals surface area contributed by atoms with Crippen LogP contribution in [0.3, 0.4) is 0 Å². The summed E-state index contributed by atoms with van der Waals surface area (Å²) in [5, 5.41) is 8.82. The number of hydrogen-bond donors (Lipinski definition) is 1. The van der Waals surface area contributed by atoms with Crippen LogP contribution in [0.5, 0.6) is 5.75 Å². The summed E-state index contributed by atoms with van der Waals surface area (Å²) >= 11 is 0. The van der Waals surface area contributed by atoms with E-state index in [1.165, 1.54) is 0 Å². The first-order valence-electron chi connectivity index (χ1n) is 5.67. The zero-order chi connectivity index (χ0) is 13.0. The standard InChI is InChI=1S/C15H14N2O/c1-11-4-2-7-14(17)15(11)18-10-13-6-3-5-12(8-13)9-16/h2-8H,10,17H2,1H3. The largest absolute Gasteiger partial charge is 0.486 e. The molecule has 0 aliphatic carbocycles. The molecule has 2 rings (SSSR count). The molecule has 0 saturated carbocycles. The van der Waals surface area contributed by atoms with Crippen LogP contribution >= 0.6 is 0 Å². The van der Waals surface area contributed by atoms with Crippen molar-refractivity contribution in [3.8, 4) is 11.8 Å². The number of nitrogens with two attached hydrogens (primary N) is 1. The molecule has 2 aromatic carbocycles. The average molecular weight is 238 g/mol. The molecule has 0 aliphatic heterocycles. The maximum Gasteiger partial charge on any atom is 0.145 e. The molecule has 0 radical (unpaired) electrons. The van der Waals surface area contributed by atoms with E-state index >= 15 is 0 Å². The fraction of sp³-hybridized carbons (Fsp3) is 0.133. The lowest BCUT2D eigenvalue weighted by atomic mass is 10.1. The summed E-state index contributed by atoms with van der Waals surface area (Å²) < 4.78 is 5.72. The zero-order valence-corrected chi connectivity index (χ0v) is 10.2. The molecule has 0 amide bonds. The molecule has 0 aromatic heterocycles. The summed E-state index contributed by atoms with van der Waals surface area (Å²) in [6.45, 7) is 2.36. The summed E-state index contributed by atoms with van der Waals surface area (Å²) in [7, 11) is 0. The molecule has 3 heteroatoms. The first-order valence-corrected chi connectivity index (χ1v) is 5.67. The highest BCUT2D eigenvalue weighted by atomic mass is 16.5. The third-order valence-electron chi connectivity index (χ3n) is 2.68. The normalized spacial score (nSPS) is 9.78. The van der Waals surface area contributed by atoms with Gasteiger partial charge in [-0.05, 0) is 36.2 Å². The summed E-state index contributed by atoms with van der Waals surface area (Å²) in [5.74, 6) is 0.708. The van der Waals surface area contributed by atoms with E-state index in [0.29, 0.717) is 23.6 Å². The number of aryl methyl sites for hydroxylation is 1. The molecule has 3 nitrogen and oxygen atoms in total. The summed E-state index contributed by atoms with van der Waals surface area (Å²) in [4.78, 5) is 0. The number of benzene rings is 2. The minimum Gasteiger partial charge on any atom is -0.486 e. The molecule has 0 unspecified atom stereocenters. The Labute approximate surface area is 106 Å². The number of nitrogen functional groups attached to an aromatic ring is 1. The molecular formula is C15H14N2O. The number of ether oxygens (including phenoxy) is 1. The highest BCUT2D eigenvalue weighted by Gasteiger charge is 2.04. The van der Waals surface area contributed by atoms with Gasteiger partial charge in [0.15, 0.2) is 0 Å². The van der Waals surface area contributed by atoms with E-state index in [9.17, 15) is 0 Å². The second kappa shape index (κ2) is 5.24. The van der Waals surface area contributed by atoms with Crippen molar-refractivity contribution in [1.29, 1.82) is 5.26 Å². The predicted octanol–water partition coefficient (Wildman–Crippen LogP) is 3.03. The number of hydrogen-bond acceptors (Lipinski definition) is 3. The van der Waals surface area contributed by atoms with E-state index in [0.717, 1.165) is 11.1 Å². The van der Waals surface area contributed by atoms with E-state index in [1.807, 2.05) is 43.3 Å². The van der Waals surface area contributed by atoms with Crippen LogP contribution < -0.4 is 10.5 Å². The Bertz CT molecular complexity index is 579. The van der Waals surface area contributed by atoms with Gasteiger partial charge in [0.25, 0.3) is 0 Å². The zero-order valence-electron chi connectivity index (χ0n) is 10.2. The van der Waals surface area contributed by atoms with Crippen molar-refractivity contribution in [3.05, 3.63) is 59.2 Å². The van der Waals surface area contributed by atoms with E-state index in [1.54, 1.807) is 6.07 Å². The summed E-state index contributed by atoms with van der Waals surface area (Å²) in [6.07, 6.45) is 0. The van der Waals surface area contributed by atoms with Crippen molar-refractivity contribution in [1.82, 2.24) is 0 Å². The number of nitrogens with zero attached hydrogens (tertiary/aromatic N) is 1. The van der Waals surface area contributed by atoms with Crippen LogP contribution in [0, 0.1) is 18.3 Å². The predicted molar refractivity (Wildman–Crippen MR) is 71.1 cm³/mol. The Morgan fingerprint density at radius 2 is 2.00 bits per heavy atom. The third kappa shape index (κ3) is 2.61. The maximum absolute atomic E-state index is 8.82. The Kier molecular flexibility index (Phi) is 3.49. The van der Waals surface area contributed by atoms with Crippen molar-refractivity contribution in [2.45, 2.75) is 13.5 Å². The molecule has 0 heterocycles. The molecule has 0 atom stereocenters. The van der Waals surface area contributed by atoms with Crippen LogP contribution in [0.15, 0.2) is 42.5 Å². The van der Waals surface area contributed by atoms with Gasteiger partial charge in [-0.25, -0.2) is 0 Å². The Balaban J connectivity index is 2.14. The number of rotatable bonds is 3. The number of anilines is 1. The van der Waals surface area contributed by atoms with Gasteiger partial charge < -0.3 is 10.5 Å². The molecule has 2 N–H and O–H groups in total. The lowest BCUT2D eigenvalue weighted by molar-refractivity contribution is 0.306. The van der Waals surface area contributed by atoms with Gasteiger partial charge in [-0.2, -0.15) is 5.26 Å². The van der Waals surface area contributed by atoms with E-state index in [-0.39, 0.29) is 0 Å². The van der Waals surface area contributed by atoms with Gasteiger partial charge >= 0.3 is 0 Å². The van der Waals surface area contributed by atoms with Crippen molar-refractivity contribution in [3.63, 3.8) is 0 Å². The van der Waals surface area contributed by atoms with E-state index < -0.39 is 0 Å². The lowest BCUT2D eigenvalue weighted by Gasteiger charge is -2.11. The summed E-state index contributed by atoms with van der Waals surface area (Å²) in [5.41, 5.74) is 9.09. The third-order valence-corrected chi connectivity index (χ3v) is 2.68. The van der Waals surface area contributed by atoms with Gasteiger partial charge in [-0.3, -0.25) is 0 Å². The van der Waals surface area contributed by atoms with Crippen LogP contribution in [-0.4, -0.2) is 0 Å². The molecular weight excluding hydrogens is 224 g/mol. The van der Waals surface area contributed by atoms with Crippen molar-refractivity contribution in [2.75, 3.05) is 5.73 Å². The first-order chi connectivity index (χ1) is 8.70. The molecule has 90 valence electrons. The molecule has 0 fully saturated rings. The lowest BCUT2D eigenvalue weighted by Crippen LogP contribution is -2.00. The monoisotopic (exact) mass is 238 g/mol. The van der Waals surface area contributed by atoms with Crippen LogP contribution in [0.25, 0.3) is 0 Å². The Hall–Kier alpha value is -2.47. The highest BCUT2D eigenvalue weighted by molar-refractivity contribution is 5.56. The van der Waals surface area contributed by atoms with Gasteiger partial charge in [0, 0.05) is 0 Å². The molecule has 18 heavy (non-hydrogen) atoms. The van der Waals surface area contributed by atoms with E-state index in [2.05, 4.69) is 6.07 Å². The average Bonchev–Trinajstić information content (AvgIpc) is 2.38. The van der Waals surface area contributed by atoms with E-state index in [4.69, 9.17) is 15.7 Å². The Morgan fingerprint density at radius 3 is 2.72 bits per heavy atom. The molecule has 0 bridgehead atoms. The van der Waals surface area contributed by atoms with Gasteiger partial charge in [0.05, 0.1) is 17.3 Å². The maximum atomic E-state index is 8.82. The van der Waals surface area contributed by atoms with Crippen molar-refractivity contribution in [2.24, 2.45) is 0 Å². The number of para-hydroxylation sites is 1. The molecule has 0 saturated heterocycles. The SMILES string of the molecule is Cc1cccc(N)c1OCc1cccc(C#N)c1. The van der Waals surface area contributed by atoms with Gasteiger partial charge in [0.2, 0.25) is 0 Å². The van der Waals surface area contributed by atoms with Crippen LogP contribution in [0.4, 0.5) is 5.69 Å². The number of nitriles is 1. The molecule has 0 spiro atoms. The highest BCUT2D eigenvalue weighted by Crippen LogP contribution is 2.26.